The van der Waals surface area contributed by atoms with Crippen LogP contribution in [0.1, 0.15) is 24.1 Å². The third-order valence-corrected chi connectivity index (χ3v) is 4.41. The van der Waals surface area contributed by atoms with Crippen molar-refractivity contribution in [1.29, 1.82) is 0 Å². The van der Waals surface area contributed by atoms with Gasteiger partial charge in [-0.15, -0.1) is 0 Å². The molecule has 1 aliphatic heterocycles. The van der Waals surface area contributed by atoms with Gasteiger partial charge in [-0.2, -0.15) is 0 Å². The van der Waals surface area contributed by atoms with Crippen LogP contribution in [0.25, 0.3) is 0 Å². The van der Waals surface area contributed by atoms with Gasteiger partial charge in [-0.05, 0) is 31.0 Å². The SMILES string of the molecule is O=C(NCc1ccccn1)C1CCCN(Cc2cccc(F)c2F)C1=O. The van der Waals surface area contributed by atoms with Crippen LogP contribution in [0.2, 0.25) is 0 Å². The number of hydrogen-bond donors (Lipinski definition) is 1. The second-order valence-electron chi connectivity index (χ2n) is 6.21. The molecule has 5 nitrogen and oxygen atoms in total. The van der Waals surface area contributed by atoms with Gasteiger partial charge in [-0.3, -0.25) is 14.6 Å². The fourth-order valence-electron chi connectivity index (χ4n) is 3.02. The van der Waals surface area contributed by atoms with Crippen molar-refractivity contribution in [2.45, 2.75) is 25.9 Å². The summed E-state index contributed by atoms with van der Waals surface area (Å²) < 4.78 is 27.2. The molecule has 0 saturated carbocycles. The van der Waals surface area contributed by atoms with Crippen molar-refractivity contribution in [3.8, 4) is 0 Å². The maximum Gasteiger partial charge on any atom is 0.235 e. The molecule has 7 heteroatoms. The van der Waals surface area contributed by atoms with Crippen molar-refractivity contribution in [1.82, 2.24) is 15.2 Å². The van der Waals surface area contributed by atoms with E-state index in [1.165, 1.54) is 17.0 Å². The van der Waals surface area contributed by atoms with Gasteiger partial charge in [0.2, 0.25) is 11.8 Å². The molecule has 0 radical (unpaired) electrons. The molecule has 0 aliphatic carbocycles. The Balaban J connectivity index is 1.63. The van der Waals surface area contributed by atoms with Gasteiger partial charge >= 0.3 is 0 Å². The summed E-state index contributed by atoms with van der Waals surface area (Å²) in [5.41, 5.74) is 0.802. The van der Waals surface area contributed by atoms with Crippen LogP contribution >= 0.6 is 0 Å². The number of benzene rings is 1. The van der Waals surface area contributed by atoms with Gasteiger partial charge in [0.15, 0.2) is 11.6 Å². The van der Waals surface area contributed by atoms with E-state index in [0.717, 1.165) is 6.07 Å². The number of pyridine rings is 1. The predicted octanol–water partition coefficient (Wildman–Crippen LogP) is 2.41. The number of halogens is 2. The maximum atomic E-state index is 13.8. The summed E-state index contributed by atoms with van der Waals surface area (Å²) in [6, 6.07) is 9.25. The average Bonchev–Trinajstić information content (AvgIpc) is 2.66. The van der Waals surface area contributed by atoms with Crippen molar-refractivity contribution in [2.75, 3.05) is 6.54 Å². The van der Waals surface area contributed by atoms with Gasteiger partial charge in [0.25, 0.3) is 0 Å². The van der Waals surface area contributed by atoms with E-state index in [4.69, 9.17) is 0 Å². The Kier molecular flexibility index (Phi) is 5.55. The van der Waals surface area contributed by atoms with E-state index in [9.17, 15) is 18.4 Å². The average molecular weight is 359 g/mol. The minimum atomic E-state index is -0.956. The topological polar surface area (TPSA) is 62.3 Å². The van der Waals surface area contributed by atoms with E-state index in [-0.39, 0.29) is 30.5 Å². The fraction of sp³-hybridized carbons (Fsp3) is 0.316. The molecule has 1 N–H and O–H groups in total. The zero-order valence-electron chi connectivity index (χ0n) is 14.1. The zero-order valence-corrected chi connectivity index (χ0v) is 14.1. The number of likely N-dealkylation sites (tertiary alicyclic amines) is 1. The summed E-state index contributed by atoms with van der Waals surface area (Å²) in [5, 5.41) is 2.72. The third-order valence-electron chi connectivity index (χ3n) is 4.41. The van der Waals surface area contributed by atoms with Gasteiger partial charge in [0, 0.05) is 24.8 Å². The second-order valence-corrected chi connectivity index (χ2v) is 6.21. The highest BCUT2D eigenvalue weighted by molar-refractivity contribution is 6.00. The molecule has 1 unspecified atom stereocenters. The quantitative estimate of drug-likeness (QED) is 0.834. The summed E-state index contributed by atoms with van der Waals surface area (Å²) in [4.78, 5) is 30.5. The normalized spacial score (nSPS) is 17.2. The molecule has 1 fully saturated rings. The molecule has 1 aliphatic rings. The Morgan fingerprint density at radius 3 is 2.85 bits per heavy atom. The number of aromatic nitrogens is 1. The molecular weight excluding hydrogens is 340 g/mol. The maximum absolute atomic E-state index is 13.8. The number of carbonyl (C=O) groups excluding carboxylic acids is 2. The Morgan fingerprint density at radius 1 is 1.23 bits per heavy atom. The molecule has 2 aromatic rings. The van der Waals surface area contributed by atoms with Crippen LogP contribution < -0.4 is 5.32 Å². The monoisotopic (exact) mass is 359 g/mol. The van der Waals surface area contributed by atoms with Crippen molar-refractivity contribution in [2.24, 2.45) is 5.92 Å². The Bertz CT molecular complexity index is 799. The lowest BCUT2D eigenvalue weighted by Crippen LogP contribution is -2.47. The Morgan fingerprint density at radius 2 is 2.08 bits per heavy atom. The number of carbonyl (C=O) groups is 2. The van der Waals surface area contributed by atoms with E-state index >= 15 is 0 Å². The van der Waals surface area contributed by atoms with Crippen LogP contribution in [-0.2, 0) is 22.7 Å². The molecule has 1 aromatic carbocycles. The highest BCUT2D eigenvalue weighted by Crippen LogP contribution is 2.22. The molecular formula is C19H19F2N3O2. The lowest BCUT2D eigenvalue weighted by atomic mass is 9.95. The van der Waals surface area contributed by atoms with E-state index < -0.39 is 17.6 Å². The van der Waals surface area contributed by atoms with Crippen molar-refractivity contribution >= 4 is 11.8 Å². The molecule has 3 rings (SSSR count). The number of rotatable bonds is 5. The summed E-state index contributed by atoms with van der Waals surface area (Å²) in [5.74, 6) is -3.45. The van der Waals surface area contributed by atoms with Gasteiger partial charge in [0.05, 0.1) is 12.2 Å². The van der Waals surface area contributed by atoms with E-state index in [2.05, 4.69) is 10.3 Å². The molecule has 136 valence electrons. The first kappa shape index (κ1) is 18.0. The lowest BCUT2D eigenvalue weighted by molar-refractivity contribution is -0.145. The first-order valence-corrected chi connectivity index (χ1v) is 8.45. The molecule has 1 atom stereocenters. The Hall–Kier alpha value is -2.83. The standard InChI is InChI=1S/C19H19F2N3O2/c20-16-8-3-5-13(17(16)21)12-24-10-4-7-15(19(24)26)18(25)23-11-14-6-1-2-9-22-14/h1-3,5-6,8-9,15H,4,7,10-12H2,(H,23,25). The highest BCUT2D eigenvalue weighted by Gasteiger charge is 2.34. The van der Waals surface area contributed by atoms with Gasteiger partial charge in [-0.25, -0.2) is 8.78 Å². The van der Waals surface area contributed by atoms with Crippen molar-refractivity contribution < 1.29 is 18.4 Å². The van der Waals surface area contributed by atoms with Crippen molar-refractivity contribution in [3.63, 3.8) is 0 Å². The summed E-state index contributed by atoms with van der Waals surface area (Å²) >= 11 is 0. The van der Waals surface area contributed by atoms with Crippen LogP contribution in [0, 0.1) is 17.6 Å². The first-order chi connectivity index (χ1) is 12.6. The number of piperidine rings is 1. The van der Waals surface area contributed by atoms with E-state index in [0.29, 0.717) is 25.1 Å². The second kappa shape index (κ2) is 8.03. The summed E-state index contributed by atoms with van der Waals surface area (Å²) in [6.45, 7) is 0.604. The molecule has 1 saturated heterocycles. The fourth-order valence-corrected chi connectivity index (χ4v) is 3.02. The van der Waals surface area contributed by atoms with Gasteiger partial charge in [0.1, 0.15) is 5.92 Å². The first-order valence-electron chi connectivity index (χ1n) is 8.45. The summed E-state index contributed by atoms with van der Waals surface area (Å²) in [7, 11) is 0. The number of hydrogen-bond acceptors (Lipinski definition) is 3. The molecule has 0 spiro atoms. The van der Waals surface area contributed by atoms with Crippen LogP contribution in [0.3, 0.4) is 0 Å². The minimum absolute atomic E-state index is 0.0492. The number of amides is 2. The highest BCUT2D eigenvalue weighted by atomic mass is 19.2. The van der Waals surface area contributed by atoms with Crippen LogP contribution in [0.15, 0.2) is 42.6 Å². The van der Waals surface area contributed by atoms with Crippen LogP contribution in [-0.4, -0.2) is 28.2 Å². The minimum Gasteiger partial charge on any atom is -0.350 e. The lowest BCUT2D eigenvalue weighted by Gasteiger charge is -2.31. The number of nitrogens with one attached hydrogen (secondary N) is 1. The summed E-state index contributed by atoms with van der Waals surface area (Å²) in [6.07, 6.45) is 2.70. The van der Waals surface area contributed by atoms with Gasteiger partial charge < -0.3 is 10.2 Å². The molecule has 2 amide bonds. The molecule has 1 aromatic heterocycles. The third kappa shape index (κ3) is 4.04. The zero-order chi connectivity index (χ0) is 18.5. The Labute approximate surface area is 150 Å². The predicted molar refractivity (Wildman–Crippen MR) is 90.6 cm³/mol. The van der Waals surface area contributed by atoms with E-state index in [1.807, 2.05) is 6.07 Å². The van der Waals surface area contributed by atoms with Crippen molar-refractivity contribution in [3.05, 3.63) is 65.5 Å². The molecule has 0 bridgehead atoms. The van der Waals surface area contributed by atoms with E-state index in [1.54, 1.807) is 18.3 Å². The largest absolute Gasteiger partial charge is 0.350 e. The number of nitrogens with zero attached hydrogens (tertiary/aromatic N) is 2. The molecule has 2 heterocycles. The van der Waals surface area contributed by atoms with Crippen LogP contribution in [0.4, 0.5) is 8.78 Å². The smallest absolute Gasteiger partial charge is 0.235 e. The van der Waals surface area contributed by atoms with Crippen LogP contribution in [0.5, 0.6) is 0 Å². The molecule has 26 heavy (non-hydrogen) atoms. The van der Waals surface area contributed by atoms with Gasteiger partial charge in [-0.1, -0.05) is 18.2 Å².